The highest BCUT2D eigenvalue weighted by atomic mass is 16.2. The first-order valence-electron chi connectivity index (χ1n) is 6.10. The molecule has 0 saturated carbocycles. The van der Waals surface area contributed by atoms with Crippen molar-refractivity contribution >= 4 is 5.91 Å². The van der Waals surface area contributed by atoms with Gasteiger partial charge in [-0.2, -0.15) is 0 Å². The standard InChI is InChI=1S/C12H24N2O/c1-4-5-10(2)11(15)14-12(3)6-8-13-9-7-12/h10,13H,4-9H2,1-3H3,(H,14,15). The molecule has 1 aliphatic heterocycles. The molecule has 15 heavy (non-hydrogen) atoms. The second-order valence-corrected chi connectivity index (χ2v) is 4.99. The minimum Gasteiger partial charge on any atom is -0.351 e. The number of piperidine rings is 1. The SMILES string of the molecule is CCCC(C)C(=O)NC1(C)CCNCC1. The van der Waals surface area contributed by atoms with E-state index < -0.39 is 0 Å². The molecule has 1 fully saturated rings. The molecule has 3 nitrogen and oxygen atoms in total. The van der Waals surface area contributed by atoms with Crippen LogP contribution in [-0.4, -0.2) is 24.5 Å². The summed E-state index contributed by atoms with van der Waals surface area (Å²) in [7, 11) is 0. The Hall–Kier alpha value is -0.570. The molecule has 0 aliphatic carbocycles. The first-order chi connectivity index (χ1) is 7.07. The van der Waals surface area contributed by atoms with Gasteiger partial charge in [0, 0.05) is 11.5 Å². The molecule has 2 N–H and O–H groups in total. The Kier molecular flexibility index (Phi) is 4.58. The van der Waals surface area contributed by atoms with Gasteiger partial charge in [0.25, 0.3) is 0 Å². The maximum Gasteiger partial charge on any atom is 0.223 e. The van der Waals surface area contributed by atoms with Crippen LogP contribution in [0.1, 0.15) is 46.5 Å². The van der Waals surface area contributed by atoms with Gasteiger partial charge in [0.1, 0.15) is 0 Å². The van der Waals surface area contributed by atoms with E-state index in [1.54, 1.807) is 0 Å². The molecule has 88 valence electrons. The molecule has 0 bridgehead atoms. The van der Waals surface area contributed by atoms with Crippen molar-refractivity contribution in [3.8, 4) is 0 Å². The van der Waals surface area contributed by atoms with Gasteiger partial charge in [0.2, 0.25) is 5.91 Å². The highest BCUT2D eigenvalue weighted by Gasteiger charge is 2.29. The minimum absolute atomic E-state index is 0.0182. The Labute approximate surface area is 93.0 Å². The van der Waals surface area contributed by atoms with E-state index in [1.165, 1.54) is 0 Å². The lowest BCUT2D eigenvalue weighted by Gasteiger charge is -2.35. The average Bonchev–Trinajstić information content (AvgIpc) is 2.18. The van der Waals surface area contributed by atoms with E-state index in [9.17, 15) is 4.79 Å². The van der Waals surface area contributed by atoms with Crippen molar-refractivity contribution in [2.24, 2.45) is 5.92 Å². The van der Waals surface area contributed by atoms with Crippen LogP contribution in [0.4, 0.5) is 0 Å². The van der Waals surface area contributed by atoms with Crippen LogP contribution in [0.3, 0.4) is 0 Å². The van der Waals surface area contributed by atoms with Crippen LogP contribution < -0.4 is 10.6 Å². The molecule has 1 amide bonds. The smallest absolute Gasteiger partial charge is 0.223 e. The van der Waals surface area contributed by atoms with Crippen LogP contribution >= 0.6 is 0 Å². The summed E-state index contributed by atoms with van der Waals surface area (Å²) in [6.07, 6.45) is 4.14. The summed E-state index contributed by atoms with van der Waals surface area (Å²) >= 11 is 0. The van der Waals surface area contributed by atoms with Gasteiger partial charge >= 0.3 is 0 Å². The topological polar surface area (TPSA) is 41.1 Å². The predicted molar refractivity (Wildman–Crippen MR) is 62.7 cm³/mol. The Balaban J connectivity index is 2.41. The normalized spacial score (nSPS) is 22.1. The van der Waals surface area contributed by atoms with Gasteiger partial charge in [-0.1, -0.05) is 20.3 Å². The zero-order chi connectivity index (χ0) is 11.3. The third kappa shape index (κ3) is 3.82. The molecule has 1 unspecified atom stereocenters. The van der Waals surface area contributed by atoms with E-state index >= 15 is 0 Å². The van der Waals surface area contributed by atoms with Crippen molar-refractivity contribution in [1.82, 2.24) is 10.6 Å². The van der Waals surface area contributed by atoms with E-state index in [1.807, 2.05) is 6.92 Å². The third-order valence-corrected chi connectivity index (χ3v) is 3.30. The van der Waals surface area contributed by atoms with E-state index in [4.69, 9.17) is 0 Å². The maximum absolute atomic E-state index is 11.9. The second kappa shape index (κ2) is 5.50. The Morgan fingerprint density at radius 3 is 2.60 bits per heavy atom. The number of carbonyl (C=O) groups is 1. The van der Waals surface area contributed by atoms with Crippen molar-refractivity contribution in [3.63, 3.8) is 0 Å². The molecule has 1 rings (SSSR count). The highest BCUT2D eigenvalue weighted by Crippen LogP contribution is 2.18. The lowest BCUT2D eigenvalue weighted by atomic mass is 9.89. The molecular formula is C12H24N2O. The maximum atomic E-state index is 11.9. The van der Waals surface area contributed by atoms with Crippen LogP contribution in [0.15, 0.2) is 0 Å². The highest BCUT2D eigenvalue weighted by molar-refractivity contribution is 5.79. The zero-order valence-corrected chi connectivity index (χ0v) is 10.2. The van der Waals surface area contributed by atoms with E-state index in [0.717, 1.165) is 38.8 Å². The Bertz CT molecular complexity index is 210. The van der Waals surface area contributed by atoms with Crippen LogP contribution in [0.2, 0.25) is 0 Å². The third-order valence-electron chi connectivity index (χ3n) is 3.30. The largest absolute Gasteiger partial charge is 0.351 e. The Morgan fingerprint density at radius 1 is 1.47 bits per heavy atom. The van der Waals surface area contributed by atoms with Gasteiger partial charge in [-0.3, -0.25) is 4.79 Å². The lowest BCUT2D eigenvalue weighted by molar-refractivity contribution is -0.126. The van der Waals surface area contributed by atoms with Crippen molar-refractivity contribution in [3.05, 3.63) is 0 Å². The number of rotatable bonds is 4. The van der Waals surface area contributed by atoms with Gasteiger partial charge in [-0.05, 0) is 39.3 Å². The van der Waals surface area contributed by atoms with Crippen LogP contribution in [0, 0.1) is 5.92 Å². The first kappa shape index (κ1) is 12.5. The van der Waals surface area contributed by atoms with Crippen LogP contribution in [0.25, 0.3) is 0 Å². The molecule has 0 spiro atoms. The molecular weight excluding hydrogens is 188 g/mol. The summed E-state index contributed by atoms with van der Waals surface area (Å²) in [5, 5.41) is 6.52. The fourth-order valence-corrected chi connectivity index (χ4v) is 2.09. The number of hydrogen-bond acceptors (Lipinski definition) is 2. The zero-order valence-electron chi connectivity index (χ0n) is 10.2. The molecule has 0 aromatic rings. The average molecular weight is 212 g/mol. The number of nitrogens with one attached hydrogen (secondary N) is 2. The fourth-order valence-electron chi connectivity index (χ4n) is 2.09. The summed E-state index contributed by atoms with van der Waals surface area (Å²) in [6, 6.07) is 0. The van der Waals surface area contributed by atoms with Gasteiger partial charge in [0.05, 0.1) is 0 Å². The summed E-state index contributed by atoms with van der Waals surface area (Å²) in [4.78, 5) is 11.9. The van der Waals surface area contributed by atoms with Gasteiger partial charge in [-0.25, -0.2) is 0 Å². The second-order valence-electron chi connectivity index (χ2n) is 4.99. The van der Waals surface area contributed by atoms with Crippen molar-refractivity contribution in [1.29, 1.82) is 0 Å². The summed E-state index contributed by atoms with van der Waals surface area (Å²) < 4.78 is 0. The summed E-state index contributed by atoms with van der Waals surface area (Å²) in [6.45, 7) is 8.32. The molecule has 1 heterocycles. The van der Waals surface area contributed by atoms with Gasteiger partial charge in [-0.15, -0.1) is 0 Å². The van der Waals surface area contributed by atoms with Crippen molar-refractivity contribution in [2.75, 3.05) is 13.1 Å². The van der Waals surface area contributed by atoms with Crippen LogP contribution in [0.5, 0.6) is 0 Å². The van der Waals surface area contributed by atoms with Crippen LogP contribution in [-0.2, 0) is 4.79 Å². The van der Waals surface area contributed by atoms with Gasteiger partial charge in [0.15, 0.2) is 0 Å². The first-order valence-corrected chi connectivity index (χ1v) is 6.10. The summed E-state index contributed by atoms with van der Waals surface area (Å²) in [5.41, 5.74) is 0.0182. The summed E-state index contributed by atoms with van der Waals surface area (Å²) in [5.74, 6) is 0.378. The Morgan fingerprint density at radius 2 is 2.07 bits per heavy atom. The minimum atomic E-state index is 0.0182. The molecule has 0 aromatic heterocycles. The number of amides is 1. The lowest BCUT2D eigenvalue weighted by Crippen LogP contribution is -2.53. The molecule has 1 atom stereocenters. The van der Waals surface area contributed by atoms with Gasteiger partial charge < -0.3 is 10.6 Å². The fraction of sp³-hybridized carbons (Fsp3) is 0.917. The van der Waals surface area contributed by atoms with E-state index in [0.29, 0.717) is 0 Å². The quantitative estimate of drug-likeness (QED) is 0.744. The molecule has 1 saturated heterocycles. The molecule has 1 aliphatic rings. The van der Waals surface area contributed by atoms with Crippen molar-refractivity contribution in [2.45, 2.75) is 52.0 Å². The predicted octanol–water partition coefficient (Wildman–Crippen LogP) is 1.68. The number of hydrogen-bond donors (Lipinski definition) is 2. The molecule has 3 heteroatoms. The monoisotopic (exact) mass is 212 g/mol. The molecule has 0 radical (unpaired) electrons. The van der Waals surface area contributed by atoms with E-state index in [2.05, 4.69) is 24.5 Å². The van der Waals surface area contributed by atoms with Crippen molar-refractivity contribution < 1.29 is 4.79 Å². The van der Waals surface area contributed by atoms with E-state index in [-0.39, 0.29) is 17.4 Å². The molecule has 0 aromatic carbocycles. The number of carbonyl (C=O) groups excluding carboxylic acids is 1.